The molecule has 3 aliphatic carbocycles. The SMILES string of the molecule is COc1cc(C2C3=CCC4C(=O)N(c5ccc(-c6nc7ccccc7o6)cc5)C(=O)C4C3CC3C(=O)C(c4ccccc4)=CC(=O)C32c2ccccc2)c(Br)c(Br)c1O. The fraction of sp³-hybridized carbons (Fsp3) is 0.188. The van der Waals surface area contributed by atoms with Crippen LogP contribution < -0.4 is 9.64 Å². The van der Waals surface area contributed by atoms with Crippen molar-refractivity contribution in [1.29, 1.82) is 0 Å². The first-order valence-corrected chi connectivity index (χ1v) is 20.9. The number of aromatic hydroxyl groups is 1. The number of methoxy groups -OCH3 is 1. The number of halogens is 2. The molecule has 6 atom stereocenters. The van der Waals surface area contributed by atoms with Gasteiger partial charge in [-0.1, -0.05) is 84.4 Å². The van der Waals surface area contributed by atoms with Gasteiger partial charge in [-0.15, -0.1) is 0 Å². The van der Waals surface area contributed by atoms with Gasteiger partial charge in [0, 0.05) is 27.4 Å². The number of hydrogen-bond donors (Lipinski definition) is 1. The molecule has 2 fully saturated rings. The molecule has 2 heterocycles. The summed E-state index contributed by atoms with van der Waals surface area (Å²) in [5, 5.41) is 11.1. The molecular weight excluding hydrogens is 876 g/mol. The molecule has 10 rings (SSSR count). The van der Waals surface area contributed by atoms with Crippen LogP contribution in [0.4, 0.5) is 5.69 Å². The van der Waals surface area contributed by atoms with Gasteiger partial charge >= 0.3 is 0 Å². The quantitative estimate of drug-likeness (QED) is 0.129. The Labute approximate surface area is 355 Å². The molecule has 59 heavy (non-hydrogen) atoms. The van der Waals surface area contributed by atoms with Crippen LogP contribution in [0.2, 0.25) is 0 Å². The first-order chi connectivity index (χ1) is 28.6. The summed E-state index contributed by atoms with van der Waals surface area (Å²) in [6.45, 7) is 0. The number of imide groups is 1. The van der Waals surface area contributed by atoms with Gasteiger partial charge in [0.15, 0.2) is 28.6 Å². The van der Waals surface area contributed by atoms with Gasteiger partial charge in [0.25, 0.3) is 0 Å². The summed E-state index contributed by atoms with van der Waals surface area (Å²) in [6.07, 6.45) is 3.91. The highest BCUT2D eigenvalue weighted by atomic mass is 79.9. The number of hydrogen-bond acceptors (Lipinski definition) is 8. The Morgan fingerprint density at radius 2 is 1.51 bits per heavy atom. The molecule has 292 valence electrons. The number of ketones is 2. The third-order valence-corrected chi connectivity index (χ3v) is 14.9. The smallest absolute Gasteiger partial charge is 0.238 e. The zero-order chi connectivity index (χ0) is 40.7. The number of ether oxygens (including phenoxy) is 1. The van der Waals surface area contributed by atoms with Crippen LogP contribution in [0.25, 0.3) is 28.1 Å². The Kier molecular flexibility index (Phi) is 8.95. The van der Waals surface area contributed by atoms with Gasteiger partial charge in [0.05, 0.1) is 34.5 Å². The predicted molar refractivity (Wildman–Crippen MR) is 229 cm³/mol. The molecule has 6 aromatic rings. The lowest BCUT2D eigenvalue weighted by atomic mass is 9.44. The fourth-order valence-corrected chi connectivity index (χ4v) is 11.2. The minimum atomic E-state index is -1.46. The second kappa shape index (κ2) is 14.1. The number of oxazole rings is 1. The molecule has 9 nitrogen and oxygen atoms in total. The van der Waals surface area contributed by atoms with Gasteiger partial charge in [-0.05, 0) is 116 Å². The van der Waals surface area contributed by atoms with Crippen molar-refractivity contribution in [3.63, 3.8) is 0 Å². The normalized spacial score (nSPS) is 25.0. The lowest BCUT2D eigenvalue weighted by Gasteiger charge is -2.55. The van der Waals surface area contributed by atoms with Gasteiger partial charge < -0.3 is 14.3 Å². The summed E-state index contributed by atoms with van der Waals surface area (Å²) in [5.41, 5.74) is 4.02. The van der Waals surface area contributed by atoms with E-state index in [2.05, 4.69) is 36.8 Å². The highest BCUT2D eigenvalue weighted by Crippen LogP contribution is 2.65. The molecule has 0 bridgehead atoms. The van der Waals surface area contributed by atoms with Crippen molar-refractivity contribution in [3.05, 3.63) is 159 Å². The Hall–Kier alpha value is -5.91. The Morgan fingerprint density at radius 3 is 2.22 bits per heavy atom. The van der Waals surface area contributed by atoms with E-state index in [1.165, 1.54) is 18.1 Å². The molecule has 0 radical (unpaired) electrons. The van der Waals surface area contributed by atoms with E-state index in [-0.39, 0.29) is 47.7 Å². The van der Waals surface area contributed by atoms with E-state index in [1.807, 2.05) is 91.0 Å². The molecule has 2 amide bonds. The highest BCUT2D eigenvalue weighted by Gasteiger charge is 2.66. The van der Waals surface area contributed by atoms with Crippen molar-refractivity contribution in [2.24, 2.45) is 23.7 Å². The van der Waals surface area contributed by atoms with Crippen LogP contribution in [-0.2, 0) is 24.6 Å². The largest absolute Gasteiger partial charge is 0.503 e. The molecule has 11 heteroatoms. The topological polar surface area (TPSA) is 127 Å². The molecule has 5 aromatic carbocycles. The van der Waals surface area contributed by atoms with Crippen LogP contribution in [0.5, 0.6) is 11.5 Å². The molecule has 0 spiro atoms. The number of phenolic OH excluding ortho intramolecular Hbond substituents is 1. The summed E-state index contributed by atoms with van der Waals surface area (Å²) in [6, 6.07) is 34.7. The molecule has 6 unspecified atom stereocenters. The minimum absolute atomic E-state index is 0.134. The summed E-state index contributed by atoms with van der Waals surface area (Å²) in [5.74, 6) is -4.47. The van der Waals surface area contributed by atoms with E-state index in [9.17, 15) is 14.7 Å². The van der Waals surface area contributed by atoms with Crippen LogP contribution in [0.3, 0.4) is 0 Å². The monoisotopic (exact) mass is 908 g/mol. The zero-order valence-electron chi connectivity index (χ0n) is 31.5. The number of phenols is 1. The molecule has 1 saturated heterocycles. The zero-order valence-corrected chi connectivity index (χ0v) is 34.6. The lowest BCUT2D eigenvalue weighted by Crippen LogP contribution is -2.59. The Bertz CT molecular complexity index is 2780. The standard InChI is InChI=1S/C48H34Br2N2O7/c1-58-37-23-33(41(49)42(50)44(37)55)40-29-20-21-30-39(47(57)52(46(30)56)28-18-16-26(17-19-28)45-51-35-14-8-9-15-36(35)59-45)32(29)22-34-43(54)31(25-10-4-2-5-11-25)24-38(53)48(34,40)27-12-6-3-7-13-27/h2-20,23-24,30,32,34,39-40,55H,21-22H2,1H3. The number of rotatable bonds is 6. The first kappa shape index (κ1) is 37.4. The Balaban J connectivity index is 1.13. The van der Waals surface area contributed by atoms with E-state index in [0.717, 1.165) is 11.1 Å². The average Bonchev–Trinajstić information content (AvgIpc) is 3.82. The number of benzene rings is 5. The fourth-order valence-electron chi connectivity index (χ4n) is 10.2. The number of aromatic nitrogens is 1. The molecule has 1 aliphatic heterocycles. The van der Waals surface area contributed by atoms with E-state index in [1.54, 1.807) is 30.3 Å². The van der Waals surface area contributed by atoms with E-state index in [0.29, 0.717) is 53.9 Å². The van der Waals surface area contributed by atoms with Gasteiger partial charge in [-0.2, -0.15) is 0 Å². The second-order valence-electron chi connectivity index (χ2n) is 15.5. The third kappa shape index (κ3) is 5.50. The van der Waals surface area contributed by atoms with Gasteiger partial charge in [0.2, 0.25) is 17.7 Å². The van der Waals surface area contributed by atoms with Crippen LogP contribution >= 0.6 is 31.9 Å². The molecular formula is C48H34Br2N2O7. The number of anilines is 1. The molecule has 1 aromatic heterocycles. The third-order valence-electron chi connectivity index (χ3n) is 12.7. The Morgan fingerprint density at radius 1 is 0.814 bits per heavy atom. The number of amides is 2. The van der Waals surface area contributed by atoms with Crippen LogP contribution in [-0.4, -0.2) is 40.6 Å². The van der Waals surface area contributed by atoms with Crippen molar-refractivity contribution >= 4 is 77.6 Å². The number of carbonyl (C=O) groups excluding carboxylic acids is 4. The van der Waals surface area contributed by atoms with Gasteiger partial charge in [0.1, 0.15) is 5.52 Å². The van der Waals surface area contributed by atoms with Crippen molar-refractivity contribution in [2.75, 3.05) is 12.0 Å². The maximum Gasteiger partial charge on any atom is 0.238 e. The number of nitrogens with zero attached hydrogens (tertiary/aromatic N) is 2. The minimum Gasteiger partial charge on any atom is -0.503 e. The van der Waals surface area contributed by atoms with Crippen molar-refractivity contribution in [1.82, 2.24) is 4.98 Å². The predicted octanol–water partition coefficient (Wildman–Crippen LogP) is 9.76. The maximum atomic E-state index is 15.4. The number of para-hydroxylation sites is 2. The first-order valence-electron chi connectivity index (χ1n) is 19.3. The van der Waals surface area contributed by atoms with Crippen molar-refractivity contribution < 1.29 is 33.4 Å². The number of allylic oxidation sites excluding steroid dienone is 4. The number of carbonyl (C=O) groups is 4. The lowest BCUT2D eigenvalue weighted by molar-refractivity contribution is -0.135. The van der Waals surface area contributed by atoms with Crippen LogP contribution in [0.15, 0.2) is 146 Å². The molecule has 4 aliphatic rings. The van der Waals surface area contributed by atoms with Crippen LogP contribution in [0, 0.1) is 23.7 Å². The summed E-state index contributed by atoms with van der Waals surface area (Å²) in [4.78, 5) is 66.0. The maximum absolute atomic E-state index is 15.4. The summed E-state index contributed by atoms with van der Waals surface area (Å²) >= 11 is 7.31. The van der Waals surface area contributed by atoms with E-state index < -0.39 is 35.0 Å². The highest BCUT2D eigenvalue weighted by molar-refractivity contribution is 9.13. The number of fused-ring (bicyclic) bond motifs is 5. The average molecular weight is 911 g/mol. The van der Waals surface area contributed by atoms with E-state index in [4.69, 9.17) is 9.15 Å². The molecule has 1 saturated carbocycles. The van der Waals surface area contributed by atoms with Crippen LogP contribution in [0.1, 0.15) is 35.4 Å². The van der Waals surface area contributed by atoms with E-state index >= 15 is 9.59 Å². The molecule has 1 N–H and O–H groups in total. The number of Topliss-reactive ketones (excluding diaryl/α,β-unsaturated/α-hetero) is 1. The second-order valence-corrected chi connectivity index (χ2v) is 17.1. The van der Waals surface area contributed by atoms with Crippen molar-refractivity contribution in [2.45, 2.75) is 24.2 Å². The van der Waals surface area contributed by atoms with Gasteiger partial charge in [-0.3, -0.25) is 24.1 Å². The van der Waals surface area contributed by atoms with Crippen molar-refractivity contribution in [3.8, 4) is 23.0 Å². The summed E-state index contributed by atoms with van der Waals surface area (Å²) < 4.78 is 12.4. The summed E-state index contributed by atoms with van der Waals surface area (Å²) in [7, 11) is 1.45. The van der Waals surface area contributed by atoms with Gasteiger partial charge in [-0.25, -0.2) is 4.98 Å².